The van der Waals surface area contributed by atoms with Crippen molar-refractivity contribution in [2.45, 2.75) is 13.8 Å². The first-order valence-corrected chi connectivity index (χ1v) is 7.13. The number of hydrogen-bond acceptors (Lipinski definition) is 2. The molecule has 0 radical (unpaired) electrons. The zero-order valence-electron chi connectivity index (χ0n) is 10.4. The first kappa shape index (κ1) is 13.8. The molecule has 0 saturated carbocycles. The molecule has 1 aliphatic rings. The third-order valence-corrected chi connectivity index (χ3v) is 4.42. The predicted octanol–water partition coefficient (Wildman–Crippen LogP) is 3.20. The average molecular weight is 332 g/mol. The predicted molar refractivity (Wildman–Crippen MR) is 78.0 cm³/mol. The second kappa shape index (κ2) is 5.59. The van der Waals surface area contributed by atoms with Gasteiger partial charge in [0.1, 0.15) is 0 Å². The quantitative estimate of drug-likeness (QED) is 0.874. The number of nitrogens with one attached hydrogen (secondary N) is 2. The number of carbonyl (C=O) groups excluding carboxylic acids is 1. The Hall–Kier alpha value is -0.580. The Morgan fingerprint density at radius 3 is 2.83 bits per heavy atom. The minimum atomic E-state index is 0.0250. The van der Waals surface area contributed by atoms with Gasteiger partial charge in [0.2, 0.25) is 5.91 Å². The lowest BCUT2D eigenvalue weighted by Crippen LogP contribution is -2.28. The van der Waals surface area contributed by atoms with Crippen LogP contribution < -0.4 is 10.6 Å². The molecule has 3 nitrogen and oxygen atoms in total. The van der Waals surface area contributed by atoms with Crippen molar-refractivity contribution in [1.82, 2.24) is 5.32 Å². The number of rotatable bonds is 2. The first-order valence-electron chi connectivity index (χ1n) is 5.96. The largest absolute Gasteiger partial charge is 0.325 e. The Bertz CT molecular complexity index is 478. The van der Waals surface area contributed by atoms with Crippen LogP contribution in [0.2, 0.25) is 5.02 Å². The van der Waals surface area contributed by atoms with E-state index in [0.717, 1.165) is 28.8 Å². The summed E-state index contributed by atoms with van der Waals surface area (Å²) in [7, 11) is 0. The third kappa shape index (κ3) is 2.87. The molecule has 1 aromatic carbocycles. The molecule has 5 heteroatoms. The average Bonchev–Trinajstić information content (AvgIpc) is 2.72. The molecule has 18 heavy (non-hydrogen) atoms. The van der Waals surface area contributed by atoms with Crippen LogP contribution in [0.4, 0.5) is 5.69 Å². The lowest BCUT2D eigenvalue weighted by atomic mass is 9.97. The van der Waals surface area contributed by atoms with Gasteiger partial charge >= 0.3 is 0 Å². The number of halogens is 2. The van der Waals surface area contributed by atoms with Gasteiger partial charge in [-0.2, -0.15) is 0 Å². The molecule has 0 spiro atoms. The molecule has 0 unspecified atom stereocenters. The summed E-state index contributed by atoms with van der Waals surface area (Å²) >= 11 is 9.52. The summed E-state index contributed by atoms with van der Waals surface area (Å²) in [5.74, 6) is 0.440. The van der Waals surface area contributed by atoms with Crippen molar-refractivity contribution >= 4 is 39.1 Å². The molecule has 0 bridgehead atoms. The molecule has 1 amide bonds. The van der Waals surface area contributed by atoms with Crippen molar-refractivity contribution in [1.29, 1.82) is 0 Å². The van der Waals surface area contributed by atoms with E-state index in [1.54, 1.807) is 6.07 Å². The Morgan fingerprint density at radius 2 is 2.22 bits per heavy atom. The highest BCUT2D eigenvalue weighted by atomic mass is 79.9. The fraction of sp³-hybridized carbons (Fsp3) is 0.462. The summed E-state index contributed by atoms with van der Waals surface area (Å²) in [6, 6.07) is 3.69. The van der Waals surface area contributed by atoms with E-state index >= 15 is 0 Å². The summed E-state index contributed by atoms with van der Waals surface area (Å²) < 4.78 is 0.858. The van der Waals surface area contributed by atoms with Crippen LogP contribution in [-0.2, 0) is 4.79 Å². The summed E-state index contributed by atoms with van der Waals surface area (Å²) in [6.45, 7) is 5.65. The maximum absolute atomic E-state index is 12.2. The standard InChI is InChI=1S/C13H16BrClN2O/c1-7-3-10(14)12(4-11(7)15)17-13(18)9-6-16-5-8(9)2/h3-4,8-9,16H,5-6H2,1-2H3,(H,17,18)/t8-,9-/m1/s1. The fourth-order valence-corrected chi connectivity index (χ4v) is 2.85. The molecular weight excluding hydrogens is 316 g/mol. The van der Waals surface area contributed by atoms with E-state index in [-0.39, 0.29) is 11.8 Å². The van der Waals surface area contributed by atoms with Crippen molar-refractivity contribution in [2.24, 2.45) is 11.8 Å². The molecule has 98 valence electrons. The number of amides is 1. The Kier molecular flexibility index (Phi) is 4.30. The monoisotopic (exact) mass is 330 g/mol. The number of anilines is 1. The van der Waals surface area contributed by atoms with Crippen molar-refractivity contribution < 1.29 is 4.79 Å². The van der Waals surface area contributed by atoms with E-state index in [1.165, 1.54) is 0 Å². The molecule has 2 rings (SSSR count). The number of hydrogen-bond donors (Lipinski definition) is 2. The zero-order valence-corrected chi connectivity index (χ0v) is 12.7. The van der Waals surface area contributed by atoms with Crippen molar-refractivity contribution in [3.8, 4) is 0 Å². The van der Waals surface area contributed by atoms with Gasteiger partial charge in [-0.25, -0.2) is 0 Å². The summed E-state index contributed by atoms with van der Waals surface area (Å²) in [4.78, 5) is 12.2. The van der Waals surface area contributed by atoms with Gasteiger partial charge in [0.15, 0.2) is 0 Å². The lowest BCUT2D eigenvalue weighted by molar-refractivity contribution is -0.120. The molecule has 1 saturated heterocycles. The molecule has 1 fully saturated rings. The smallest absolute Gasteiger partial charge is 0.229 e. The minimum absolute atomic E-state index is 0.0250. The molecule has 2 atom stereocenters. The molecular formula is C13H16BrClN2O. The van der Waals surface area contributed by atoms with E-state index in [9.17, 15) is 4.79 Å². The van der Waals surface area contributed by atoms with Gasteiger partial charge in [0, 0.05) is 16.0 Å². The van der Waals surface area contributed by atoms with E-state index in [2.05, 4.69) is 33.5 Å². The number of aryl methyl sites for hydroxylation is 1. The number of carbonyl (C=O) groups is 1. The van der Waals surface area contributed by atoms with Crippen molar-refractivity contribution in [2.75, 3.05) is 18.4 Å². The fourth-order valence-electron chi connectivity index (χ4n) is 2.13. The summed E-state index contributed by atoms with van der Waals surface area (Å²) in [6.07, 6.45) is 0. The Labute approximate surface area is 120 Å². The SMILES string of the molecule is Cc1cc(Br)c(NC(=O)[C@@H]2CNC[C@H]2C)cc1Cl. The van der Waals surface area contributed by atoms with E-state index < -0.39 is 0 Å². The Balaban J connectivity index is 2.14. The lowest BCUT2D eigenvalue weighted by Gasteiger charge is -2.15. The highest BCUT2D eigenvalue weighted by Crippen LogP contribution is 2.30. The van der Waals surface area contributed by atoms with E-state index in [1.807, 2.05) is 13.0 Å². The van der Waals surface area contributed by atoms with Gasteiger partial charge in [-0.1, -0.05) is 18.5 Å². The Morgan fingerprint density at radius 1 is 1.50 bits per heavy atom. The van der Waals surface area contributed by atoms with Crippen LogP contribution in [0, 0.1) is 18.8 Å². The summed E-state index contributed by atoms with van der Waals surface area (Å²) in [5.41, 5.74) is 1.71. The second-order valence-corrected chi connectivity index (χ2v) is 6.07. The molecule has 2 N–H and O–H groups in total. The van der Waals surface area contributed by atoms with Crippen LogP contribution in [0.1, 0.15) is 12.5 Å². The minimum Gasteiger partial charge on any atom is -0.325 e. The normalized spacial score (nSPS) is 23.1. The number of benzene rings is 1. The van der Waals surface area contributed by atoms with E-state index in [0.29, 0.717) is 10.9 Å². The summed E-state index contributed by atoms with van der Waals surface area (Å²) in [5, 5.41) is 6.82. The van der Waals surface area contributed by atoms with E-state index in [4.69, 9.17) is 11.6 Å². The topological polar surface area (TPSA) is 41.1 Å². The van der Waals surface area contributed by atoms with Crippen LogP contribution in [0.3, 0.4) is 0 Å². The molecule has 0 aromatic heterocycles. The molecule has 1 heterocycles. The molecule has 0 aliphatic carbocycles. The second-order valence-electron chi connectivity index (χ2n) is 4.81. The van der Waals surface area contributed by atoms with Gasteiger partial charge in [0.05, 0.1) is 11.6 Å². The van der Waals surface area contributed by atoms with Gasteiger partial charge in [-0.15, -0.1) is 0 Å². The van der Waals surface area contributed by atoms with Crippen molar-refractivity contribution in [3.05, 3.63) is 27.2 Å². The molecule has 1 aliphatic heterocycles. The zero-order chi connectivity index (χ0) is 13.3. The third-order valence-electron chi connectivity index (χ3n) is 3.36. The molecule has 1 aromatic rings. The highest BCUT2D eigenvalue weighted by Gasteiger charge is 2.29. The van der Waals surface area contributed by atoms with Crippen LogP contribution in [0.15, 0.2) is 16.6 Å². The van der Waals surface area contributed by atoms with Crippen LogP contribution in [0.25, 0.3) is 0 Å². The van der Waals surface area contributed by atoms with Crippen LogP contribution in [0.5, 0.6) is 0 Å². The van der Waals surface area contributed by atoms with Crippen LogP contribution in [-0.4, -0.2) is 19.0 Å². The van der Waals surface area contributed by atoms with Gasteiger partial charge in [-0.3, -0.25) is 4.79 Å². The highest BCUT2D eigenvalue weighted by molar-refractivity contribution is 9.10. The maximum atomic E-state index is 12.2. The van der Waals surface area contributed by atoms with Crippen molar-refractivity contribution in [3.63, 3.8) is 0 Å². The van der Waals surface area contributed by atoms with Gasteiger partial charge < -0.3 is 10.6 Å². The van der Waals surface area contributed by atoms with Crippen LogP contribution >= 0.6 is 27.5 Å². The van der Waals surface area contributed by atoms with Gasteiger partial charge in [0.25, 0.3) is 0 Å². The van der Waals surface area contributed by atoms with Gasteiger partial charge in [-0.05, 0) is 53.0 Å². The first-order chi connectivity index (χ1) is 8.49. The maximum Gasteiger partial charge on any atom is 0.229 e.